The molecular formula is C11H18. The van der Waals surface area contributed by atoms with Crippen LogP contribution in [0.5, 0.6) is 0 Å². The highest BCUT2D eigenvalue weighted by Gasteiger charge is 2.40. The molecule has 1 saturated carbocycles. The van der Waals surface area contributed by atoms with Crippen molar-refractivity contribution in [1.29, 1.82) is 0 Å². The molecule has 0 aromatic heterocycles. The van der Waals surface area contributed by atoms with Crippen LogP contribution < -0.4 is 0 Å². The van der Waals surface area contributed by atoms with Crippen LogP contribution in [0, 0.1) is 11.8 Å². The van der Waals surface area contributed by atoms with Gasteiger partial charge in [0.15, 0.2) is 0 Å². The Morgan fingerprint density at radius 1 is 1.27 bits per heavy atom. The van der Waals surface area contributed by atoms with E-state index in [1.807, 2.05) is 5.57 Å². The lowest BCUT2D eigenvalue weighted by molar-refractivity contribution is 0.312. The highest BCUT2D eigenvalue weighted by Crippen LogP contribution is 2.53. The molecule has 3 aliphatic carbocycles. The maximum Gasteiger partial charge on any atom is -0.0189 e. The van der Waals surface area contributed by atoms with Crippen LogP contribution >= 0.6 is 0 Å². The van der Waals surface area contributed by atoms with Crippen molar-refractivity contribution in [2.45, 2.75) is 46.0 Å². The van der Waals surface area contributed by atoms with Crippen LogP contribution in [0.2, 0.25) is 0 Å². The summed E-state index contributed by atoms with van der Waals surface area (Å²) in [5.41, 5.74) is 3.61. The molecule has 0 unspecified atom stereocenters. The summed E-state index contributed by atoms with van der Waals surface area (Å²) in [6, 6.07) is 0. The van der Waals surface area contributed by atoms with Gasteiger partial charge in [0, 0.05) is 0 Å². The zero-order valence-electron chi connectivity index (χ0n) is 7.69. The summed E-state index contributed by atoms with van der Waals surface area (Å²) in [7, 11) is 0. The Balaban J connectivity index is 1.97. The summed E-state index contributed by atoms with van der Waals surface area (Å²) in [6.07, 6.45) is 7.18. The predicted octanol–water partition coefficient (Wildman–Crippen LogP) is 3.53. The van der Waals surface area contributed by atoms with Crippen molar-refractivity contribution in [3.8, 4) is 0 Å². The van der Waals surface area contributed by atoms with Crippen LogP contribution in [0.25, 0.3) is 0 Å². The number of rotatable bonds is 3. The molecular weight excluding hydrogens is 132 g/mol. The fourth-order valence-corrected chi connectivity index (χ4v) is 2.61. The van der Waals surface area contributed by atoms with Crippen molar-refractivity contribution in [3.05, 3.63) is 11.1 Å². The minimum Gasteiger partial charge on any atom is -0.0707 e. The van der Waals surface area contributed by atoms with Gasteiger partial charge in [-0.05, 0) is 44.4 Å². The van der Waals surface area contributed by atoms with E-state index in [0.29, 0.717) is 0 Å². The molecule has 0 spiro atoms. The Kier molecular flexibility index (Phi) is 1.78. The molecule has 0 amide bonds. The van der Waals surface area contributed by atoms with Crippen LogP contribution in [-0.2, 0) is 0 Å². The fraction of sp³-hybridized carbons (Fsp3) is 0.818. The first-order valence-corrected chi connectivity index (χ1v) is 5.02. The van der Waals surface area contributed by atoms with E-state index in [0.717, 1.165) is 11.8 Å². The van der Waals surface area contributed by atoms with E-state index >= 15 is 0 Å². The second kappa shape index (κ2) is 2.66. The standard InChI is InChI=1S/C11H18/c1-3-4-5-11-8(2)9-6-10(11)7-9/h9-10H,3-7H2,1-2H3. The van der Waals surface area contributed by atoms with E-state index in [2.05, 4.69) is 13.8 Å². The van der Waals surface area contributed by atoms with Crippen molar-refractivity contribution >= 4 is 0 Å². The predicted molar refractivity (Wildman–Crippen MR) is 48.4 cm³/mol. The minimum atomic E-state index is 1.02. The van der Waals surface area contributed by atoms with Gasteiger partial charge in [0.2, 0.25) is 0 Å². The van der Waals surface area contributed by atoms with Crippen LogP contribution in [0.15, 0.2) is 11.1 Å². The average molecular weight is 150 g/mol. The van der Waals surface area contributed by atoms with Gasteiger partial charge in [-0.2, -0.15) is 0 Å². The lowest BCUT2D eigenvalue weighted by Crippen LogP contribution is -2.15. The summed E-state index contributed by atoms with van der Waals surface area (Å²) in [4.78, 5) is 0. The summed E-state index contributed by atoms with van der Waals surface area (Å²) in [5, 5.41) is 0. The van der Waals surface area contributed by atoms with Gasteiger partial charge in [0.05, 0.1) is 0 Å². The van der Waals surface area contributed by atoms with Gasteiger partial charge in [-0.25, -0.2) is 0 Å². The maximum absolute atomic E-state index is 2.36. The SMILES string of the molecule is CCCCC1=C(C)C2CC1C2. The van der Waals surface area contributed by atoms with Crippen LogP contribution in [0.1, 0.15) is 46.0 Å². The van der Waals surface area contributed by atoms with Gasteiger partial charge in [-0.3, -0.25) is 0 Å². The molecule has 2 bridgehead atoms. The third-order valence-electron chi connectivity index (χ3n) is 3.55. The summed E-state index contributed by atoms with van der Waals surface area (Å²) in [6.45, 7) is 4.65. The Morgan fingerprint density at radius 3 is 2.45 bits per heavy atom. The quantitative estimate of drug-likeness (QED) is 0.540. The summed E-state index contributed by atoms with van der Waals surface area (Å²) < 4.78 is 0. The Bertz CT molecular complexity index is 182. The van der Waals surface area contributed by atoms with E-state index in [9.17, 15) is 0 Å². The molecule has 0 saturated heterocycles. The van der Waals surface area contributed by atoms with Crippen molar-refractivity contribution in [2.24, 2.45) is 11.8 Å². The second-order valence-corrected chi connectivity index (χ2v) is 4.18. The summed E-state index contributed by atoms with van der Waals surface area (Å²) >= 11 is 0. The van der Waals surface area contributed by atoms with Gasteiger partial charge in [0.1, 0.15) is 0 Å². The fourth-order valence-electron chi connectivity index (χ4n) is 2.61. The van der Waals surface area contributed by atoms with Gasteiger partial charge < -0.3 is 0 Å². The first kappa shape index (κ1) is 7.39. The molecule has 0 N–H and O–H groups in total. The minimum absolute atomic E-state index is 1.02. The van der Waals surface area contributed by atoms with E-state index in [-0.39, 0.29) is 0 Å². The number of hydrogen-bond donors (Lipinski definition) is 0. The molecule has 3 rings (SSSR count). The molecule has 62 valence electrons. The third-order valence-corrected chi connectivity index (χ3v) is 3.55. The van der Waals surface area contributed by atoms with Crippen molar-refractivity contribution < 1.29 is 0 Å². The molecule has 0 heteroatoms. The van der Waals surface area contributed by atoms with Crippen LogP contribution in [-0.4, -0.2) is 0 Å². The monoisotopic (exact) mass is 150 g/mol. The van der Waals surface area contributed by atoms with E-state index in [1.165, 1.54) is 32.1 Å². The van der Waals surface area contributed by atoms with Crippen LogP contribution in [0.4, 0.5) is 0 Å². The lowest BCUT2D eigenvalue weighted by Gasteiger charge is -2.25. The van der Waals surface area contributed by atoms with E-state index < -0.39 is 0 Å². The molecule has 1 fully saturated rings. The largest absolute Gasteiger partial charge is 0.0707 e. The highest BCUT2D eigenvalue weighted by atomic mass is 14.5. The smallest absolute Gasteiger partial charge is 0.0189 e. The van der Waals surface area contributed by atoms with Crippen LogP contribution in [0.3, 0.4) is 0 Å². The van der Waals surface area contributed by atoms with Gasteiger partial charge in [-0.1, -0.05) is 24.5 Å². The lowest BCUT2D eigenvalue weighted by atomic mass is 9.79. The Labute approximate surface area is 69.7 Å². The van der Waals surface area contributed by atoms with Gasteiger partial charge in [0.25, 0.3) is 0 Å². The number of allylic oxidation sites excluding steroid dienone is 2. The average Bonchev–Trinajstić information content (AvgIpc) is 2.34. The summed E-state index contributed by atoms with van der Waals surface area (Å²) in [5.74, 6) is 2.05. The van der Waals surface area contributed by atoms with Crippen molar-refractivity contribution in [3.63, 3.8) is 0 Å². The molecule has 3 aliphatic rings. The first-order chi connectivity index (χ1) is 5.33. The topological polar surface area (TPSA) is 0 Å². The third kappa shape index (κ3) is 1.04. The van der Waals surface area contributed by atoms with E-state index in [4.69, 9.17) is 0 Å². The second-order valence-electron chi connectivity index (χ2n) is 4.18. The first-order valence-electron chi connectivity index (χ1n) is 5.02. The maximum atomic E-state index is 2.36. The molecule has 0 aromatic rings. The Morgan fingerprint density at radius 2 is 2.00 bits per heavy atom. The van der Waals surface area contributed by atoms with Gasteiger partial charge >= 0.3 is 0 Å². The molecule has 0 heterocycles. The van der Waals surface area contributed by atoms with Crippen molar-refractivity contribution in [1.82, 2.24) is 0 Å². The molecule has 0 atom stereocenters. The number of unbranched alkanes of at least 4 members (excludes halogenated alkanes) is 1. The highest BCUT2D eigenvalue weighted by molar-refractivity contribution is 5.31. The normalized spacial score (nSPS) is 34.4. The van der Waals surface area contributed by atoms with Crippen molar-refractivity contribution in [2.75, 3.05) is 0 Å². The molecule has 0 aromatic carbocycles. The van der Waals surface area contributed by atoms with E-state index in [1.54, 1.807) is 5.57 Å². The zero-order valence-corrected chi connectivity index (χ0v) is 7.69. The molecule has 0 radical (unpaired) electrons. The molecule has 0 aliphatic heterocycles. The Hall–Kier alpha value is -0.260. The number of hydrogen-bond acceptors (Lipinski definition) is 0. The molecule has 11 heavy (non-hydrogen) atoms. The van der Waals surface area contributed by atoms with Gasteiger partial charge in [-0.15, -0.1) is 0 Å². The molecule has 0 nitrogen and oxygen atoms in total. The zero-order chi connectivity index (χ0) is 7.84.